The van der Waals surface area contributed by atoms with E-state index in [1.165, 1.54) is 6.42 Å². The molecule has 0 unspecified atom stereocenters. The first kappa shape index (κ1) is 16.8. The first-order valence-electron chi connectivity index (χ1n) is 8.89. The molecule has 0 aliphatic carbocycles. The summed E-state index contributed by atoms with van der Waals surface area (Å²) in [5.74, 6) is 0.621. The van der Waals surface area contributed by atoms with Gasteiger partial charge in [0.25, 0.3) is 0 Å². The molecule has 2 heterocycles. The summed E-state index contributed by atoms with van der Waals surface area (Å²) < 4.78 is 0. The first-order chi connectivity index (χ1) is 11.7. The van der Waals surface area contributed by atoms with Crippen molar-refractivity contribution < 1.29 is 4.79 Å². The average molecular weight is 326 g/mol. The van der Waals surface area contributed by atoms with E-state index in [0.29, 0.717) is 24.1 Å². The second kappa shape index (κ2) is 7.67. The standard InChI is InChI=1S/C19H26N4O/c1-22-11-8-18-17(14-22)6-3-10-23(18)19(24)21-9-7-15-4-2-5-16(12-15)13-20/h2,4-5,12,17-18H,3,6-11,14H2,1H3,(H,21,24)/t17-,18+/m1/s1. The minimum absolute atomic E-state index is 0.0747. The summed E-state index contributed by atoms with van der Waals surface area (Å²) in [6.45, 7) is 3.67. The summed E-state index contributed by atoms with van der Waals surface area (Å²) in [6, 6.07) is 10.2. The third-order valence-electron chi connectivity index (χ3n) is 5.28. The Morgan fingerprint density at radius 2 is 2.25 bits per heavy atom. The highest BCUT2D eigenvalue weighted by Gasteiger charge is 2.37. The van der Waals surface area contributed by atoms with Gasteiger partial charge >= 0.3 is 6.03 Å². The van der Waals surface area contributed by atoms with Gasteiger partial charge in [0.2, 0.25) is 0 Å². The number of hydrogen-bond donors (Lipinski definition) is 1. The van der Waals surface area contributed by atoms with E-state index in [1.54, 1.807) is 6.07 Å². The van der Waals surface area contributed by atoms with Crippen LogP contribution >= 0.6 is 0 Å². The van der Waals surface area contributed by atoms with E-state index in [2.05, 4.69) is 28.2 Å². The van der Waals surface area contributed by atoms with Crippen LogP contribution in [0.1, 0.15) is 30.4 Å². The Bertz CT molecular complexity index is 624. The van der Waals surface area contributed by atoms with Crippen LogP contribution in [0.4, 0.5) is 4.79 Å². The van der Waals surface area contributed by atoms with E-state index in [4.69, 9.17) is 5.26 Å². The number of amides is 2. The van der Waals surface area contributed by atoms with Gasteiger partial charge in [-0.15, -0.1) is 0 Å². The van der Waals surface area contributed by atoms with Gasteiger partial charge in [-0.25, -0.2) is 4.79 Å². The molecule has 2 aliphatic heterocycles. The Morgan fingerprint density at radius 1 is 1.38 bits per heavy atom. The van der Waals surface area contributed by atoms with Gasteiger partial charge in [-0.05, 0) is 62.9 Å². The quantitative estimate of drug-likeness (QED) is 0.926. The second-order valence-corrected chi connectivity index (χ2v) is 7.01. The van der Waals surface area contributed by atoms with Crippen LogP contribution in [0.3, 0.4) is 0 Å². The van der Waals surface area contributed by atoms with Crippen molar-refractivity contribution in [3.63, 3.8) is 0 Å². The molecule has 5 nitrogen and oxygen atoms in total. The minimum Gasteiger partial charge on any atom is -0.338 e. The molecule has 0 radical (unpaired) electrons. The van der Waals surface area contributed by atoms with Gasteiger partial charge < -0.3 is 15.1 Å². The third-order valence-corrected chi connectivity index (χ3v) is 5.28. The van der Waals surface area contributed by atoms with Gasteiger partial charge in [-0.1, -0.05) is 12.1 Å². The molecule has 5 heteroatoms. The zero-order valence-corrected chi connectivity index (χ0v) is 14.4. The van der Waals surface area contributed by atoms with E-state index in [1.807, 2.05) is 18.2 Å². The van der Waals surface area contributed by atoms with Crippen LogP contribution in [0.2, 0.25) is 0 Å². The second-order valence-electron chi connectivity index (χ2n) is 7.01. The molecule has 0 aromatic heterocycles. The van der Waals surface area contributed by atoms with Crippen molar-refractivity contribution in [2.24, 2.45) is 5.92 Å². The smallest absolute Gasteiger partial charge is 0.317 e. The Balaban J connectivity index is 1.52. The van der Waals surface area contributed by atoms with E-state index < -0.39 is 0 Å². The zero-order chi connectivity index (χ0) is 16.9. The van der Waals surface area contributed by atoms with E-state index >= 15 is 0 Å². The molecular weight excluding hydrogens is 300 g/mol. The Hall–Kier alpha value is -2.06. The number of likely N-dealkylation sites (tertiary alicyclic amines) is 2. The molecule has 1 aromatic rings. The lowest BCUT2D eigenvalue weighted by Gasteiger charge is -2.46. The topological polar surface area (TPSA) is 59.4 Å². The monoisotopic (exact) mass is 326 g/mol. The Morgan fingerprint density at radius 3 is 3.08 bits per heavy atom. The molecule has 24 heavy (non-hydrogen) atoms. The summed E-state index contributed by atoms with van der Waals surface area (Å²) in [5, 5.41) is 12.0. The molecule has 1 aromatic carbocycles. The lowest BCUT2D eigenvalue weighted by Crippen LogP contribution is -2.57. The maximum atomic E-state index is 12.6. The average Bonchev–Trinajstić information content (AvgIpc) is 2.61. The number of rotatable bonds is 3. The molecular formula is C19H26N4O. The molecule has 2 atom stereocenters. The van der Waals surface area contributed by atoms with Gasteiger partial charge in [0.1, 0.15) is 0 Å². The van der Waals surface area contributed by atoms with Gasteiger partial charge in [-0.3, -0.25) is 0 Å². The van der Waals surface area contributed by atoms with Gasteiger partial charge in [0, 0.05) is 25.7 Å². The van der Waals surface area contributed by atoms with Gasteiger partial charge in [-0.2, -0.15) is 5.26 Å². The van der Waals surface area contributed by atoms with Crippen LogP contribution in [-0.4, -0.2) is 55.1 Å². The van der Waals surface area contributed by atoms with Gasteiger partial charge in [0.05, 0.1) is 11.6 Å². The van der Waals surface area contributed by atoms with Crippen molar-refractivity contribution >= 4 is 6.03 Å². The fourth-order valence-electron chi connectivity index (χ4n) is 4.05. The summed E-state index contributed by atoms with van der Waals surface area (Å²) in [4.78, 5) is 17.0. The first-order valence-corrected chi connectivity index (χ1v) is 8.89. The number of nitrogens with zero attached hydrogens (tertiary/aromatic N) is 3. The minimum atomic E-state index is 0.0747. The number of nitriles is 1. The van der Waals surface area contributed by atoms with Crippen LogP contribution in [0.25, 0.3) is 0 Å². The number of benzene rings is 1. The Kier molecular flexibility index (Phi) is 5.37. The highest BCUT2D eigenvalue weighted by molar-refractivity contribution is 5.74. The van der Waals surface area contributed by atoms with E-state index in [-0.39, 0.29) is 6.03 Å². The summed E-state index contributed by atoms with van der Waals surface area (Å²) in [6.07, 6.45) is 4.18. The predicted octanol–water partition coefficient (Wildman–Crippen LogP) is 2.23. The van der Waals surface area contributed by atoms with Crippen LogP contribution in [0.5, 0.6) is 0 Å². The third kappa shape index (κ3) is 3.88. The lowest BCUT2D eigenvalue weighted by atomic mass is 9.84. The molecule has 0 spiro atoms. The fraction of sp³-hybridized carbons (Fsp3) is 0.579. The number of nitrogens with one attached hydrogen (secondary N) is 1. The highest BCUT2D eigenvalue weighted by atomic mass is 16.2. The molecule has 1 N–H and O–H groups in total. The molecule has 2 amide bonds. The molecule has 0 saturated carbocycles. The summed E-state index contributed by atoms with van der Waals surface area (Å²) in [7, 11) is 2.17. The SMILES string of the molecule is CN1CC[C@H]2[C@H](CCCN2C(=O)NCCc2cccc(C#N)c2)C1. The number of hydrogen-bond acceptors (Lipinski definition) is 3. The van der Waals surface area contributed by atoms with Crippen molar-refractivity contribution in [3.8, 4) is 6.07 Å². The Labute approximate surface area is 144 Å². The molecule has 128 valence electrons. The lowest BCUT2D eigenvalue weighted by molar-refractivity contribution is 0.0534. The maximum absolute atomic E-state index is 12.6. The van der Waals surface area contributed by atoms with Crippen LogP contribution in [0.15, 0.2) is 24.3 Å². The molecule has 3 rings (SSSR count). The van der Waals surface area contributed by atoms with E-state index in [9.17, 15) is 4.79 Å². The maximum Gasteiger partial charge on any atom is 0.317 e. The number of urea groups is 1. The van der Waals surface area contributed by atoms with Crippen LogP contribution in [-0.2, 0) is 6.42 Å². The fourth-order valence-corrected chi connectivity index (χ4v) is 4.05. The molecule has 2 aliphatic rings. The predicted molar refractivity (Wildman–Crippen MR) is 93.6 cm³/mol. The zero-order valence-electron chi connectivity index (χ0n) is 14.4. The molecule has 2 saturated heterocycles. The van der Waals surface area contributed by atoms with Crippen molar-refractivity contribution in [2.45, 2.75) is 31.7 Å². The normalized spacial score (nSPS) is 24.1. The number of carbonyl (C=O) groups excluding carboxylic acids is 1. The van der Waals surface area contributed by atoms with Crippen LogP contribution in [0, 0.1) is 17.2 Å². The molecule has 0 bridgehead atoms. The van der Waals surface area contributed by atoms with Crippen LogP contribution < -0.4 is 5.32 Å². The largest absolute Gasteiger partial charge is 0.338 e. The number of fused-ring (bicyclic) bond motifs is 1. The van der Waals surface area contributed by atoms with Crippen molar-refractivity contribution in [2.75, 3.05) is 33.2 Å². The van der Waals surface area contributed by atoms with Crippen molar-refractivity contribution in [1.29, 1.82) is 5.26 Å². The summed E-state index contributed by atoms with van der Waals surface area (Å²) >= 11 is 0. The van der Waals surface area contributed by atoms with E-state index in [0.717, 1.165) is 44.5 Å². The number of piperidine rings is 2. The van der Waals surface area contributed by atoms with Crippen molar-refractivity contribution in [3.05, 3.63) is 35.4 Å². The number of carbonyl (C=O) groups is 1. The molecule has 2 fully saturated rings. The highest BCUT2D eigenvalue weighted by Crippen LogP contribution is 2.29. The van der Waals surface area contributed by atoms with Crippen molar-refractivity contribution in [1.82, 2.24) is 15.1 Å². The summed E-state index contributed by atoms with van der Waals surface area (Å²) in [5.41, 5.74) is 1.76. The van der Waals surface area contributed by atoms with Gasteiger partial charge in [0.15, 0.2) is 0 Å².